The largest absolute Gasteiger partial charge is 0.358 e. The predicted molar refractivity (Wildman–Crippen MR) is 143 cm³/mol. The van der Waals surface area contributed by atoms with E-state index in [1.807, 2.05) is 47.7 Å². The van der Waals surface area contributed by atoms with Gasteiger partial charge in [-0.15, -0.1) is 17.1 Å². The Morgan fingerprint density at radius 3 is 2.80 bits per heavy atom. The van der Waals surface area contributed by atoms with Crippen molar-refractivity contribution in [2.24, 2.45) is 7.05 Å². The van der Waals surface area contributed by atoms with Crippen LogP contribution in [0.25, 0.3) is 11.3 Å². The van der Waals surface area contributed by atoms with Gasteiger partial charge in [-0.05, 0) is 49.9 Å². The molecule has 35 heavy (non-hydrogen) atoms. The zero-order valence-electron chi connectivity index (χ0n) is 21.0. The number of fused-ring (bicyclic) bond motifs is 2. The van der Waals surface area contributed by atoms with Gasteiger partial charge in [0.15, 0.2) is 5.78 Å². The summed E-state index contributed by atoms with van der Waals surface area (Å²) in [5, 5.41) is 6.38. The molecule has 4 aromatic heterocycles. The molecular formula is C28H33N5OS. The van der Waals surface area contributed by atoms with E-state index < -0.39 is 0 Å². The Balaban J connectivity index is 0.000000221. The van der Waals surface area contributed by atoms with E-state index in [-0.39, 0.29) is 5.78 Å². The van der Waals surface area contributed by atoms with Crippen LogP contribution in [-0.4, -0.2) is 36.4 Å². The minimum absolute atomic E-state index is 0.155. The highest BCUT2D eigenvalue weighted by molar-refractivity contribution is 7.10. The second kappa shape index (κ2) is 10.9. The topological polar surface area (TPSA) is 55.4 Å². The van der Waals surface area contributed by atoms with Gasteiger partial charge in [0.2, 0.25) is 0 Å². The molecule has 0 unspecified atom stereocenters. The molecule has 0 saturated heterocycles. The van der Waals surface area contributed by atoms with Crippen molar-refractivity contribution in [3.8, 4) is 0 Å². The lowest BCUT2D eigenvalue weighted by molar-refractivity contribution is 0.101. The molecule has 0 aromatic carbocycles. The molecule has 5 rings (SSSR count). The quantitative estimate of drug-likeness (QED) is 0.258. The smallest absolute Gasteiger partial charge is 0.160 e. The summed E-state index contributed by atoms with van der Waals surface area (Å²) in [7, 11) is 2.01. The lowest BCUT2D eigenvalue weighted by Crippen LogP contribution is -2.29. The fourth-order valence-electron chi connectivity index (χ4n) is 4.57. The van der Waals surface area contributed by atoms with Gasteiger partial charge >= 0.3 is 0 Å². The van der Waals surface area contributed by atoms with Crippen molar-refractivity contribution in [1.82, 2.24) is 24.1 Å². The van der Waals surface area contributed by atoms with E-state index in [1.54, 1.807) is 18.3 Å². The summed E-state index contributed by atoms with van der Waals surface area (Å²) in [4.78, 5) is 19.7. The highest BCUT2D eigenvalue weighted by Gasteiger charge is 2.25. The molecule has 5 heterocycles. The monoisotopic (exact) mass is 487 g/mol. The highest BCUT2D eigenvalue weighted by Crippen LogP contribution is 2.32. The van der Waals surface area contributed by atoms with Gasteiger partial charge in [0.25, 0.3) is 0 Å². The number of carbonyl (C=O) groups excluding carboxylic acids is 1. The number of rotatable bonds is 6. The van der Waals surface area contributed by atoms with Crippen LogP contribution in [0.2, 0.25) is 0 Å². The standard InChI is InChI=1S/C19H17N3OS.C9H16N2/c1-3-16(17-10-20-19-6-4-5-8-22(17)19)21-9-7-14-15(13(2)23)12-24-18(14)11-21;1-4-6-8-7-9(5-2)11(3)10-8/h4-6,8,10,12H,1,7,9,11H2,2H3;7H,4-6H2,1-3H3. The second-order valence-corrected chi connectivity index (χ2v) is 9.69. The van der Waals surface area contributed by atoms with E-state index in [9.17, 15) is 4.79 Å². The van der Waals surface area contributed by atoms with Crippen molar-refractivity contribution in [3.05, 3.63) is 87.4 Å². The van der Waals surface area contributed by atoms with Crippen molar-refractivity contribution in [2.75, 3.05) is 6.54 Å². The number of ketones is 1. The van der Waals surface area contributed by atoms with Gasteiger partial charge in [-0.2, -0.15) is 5.10 Å². The fraction of sp³-hybridized carbons (Fsp3) is 0.357. The number of imidazole rings is 1. The van der Waals surface area contributed by atoms with Crippen LogP contribution in [0.15, 0.2) is 54.3 Å². The number of aromatic nitrogens is 4. The summed E-state index contributed by atoms with van der Waals surface area (Å²) in [6.07, 6.45) is 8.11. The van der Waals surface area contributed by atoms with Crippen LogP contribution in [0, 0.1) is 0 Å². The maximum absolute atomic E-state index is 11.7. The molecule has 0 fully saturated rings. The summed E-state index contributed by atoms with van der Waals surface area (Å²) in [6.45, 7) is 11.5. The third-order valence-corrected chi connectivity index (χ3v) is 7.38. The molecule has 0 atom stereocenters. The zero-order chi connectivity index (χ0) is 24.9. The third kappa shape index (κ3) is 5.16. The normalized spacial score (nSPS) is 12.6. The number of hydrogen-bond donors (Lipinski definition) is 0. The van der Waals surface area contributed by atoms with Gasteiger partial charge in [-0.25, -0.2) is 4.98 Å². The molecule has 0 aliphatic carbocycles. The minimum Gasteiger partial charge on any atom is -0.358 e. The summed E-state index contributed by atoms with van der Waals surface area (Å²) in [5.74, 6) is 0.155. The SMILES string of the molecule is C=C=C(c1cnc2ccccn12)N1CCc2c(C(C)=O)csc2C1.CCCc1cc(CC)n(C)n1. The molecule has 1 aliphatic heterocycles. The molecule has 0 spiro atoms. The van der Waals surface area contributed by atoms with E-state index in [1.165, 1.54) is 28.2 Å². The molecule has 0 radical (unpaired) electrons. The van der Waals surface area contributed by atoms with Crippen LogP contribution < -0.4 is 0 Å². The Hall–Kier alpha value is -3.41. The van der Waals surface area contributed by atoms with E-state index in [2.05, 4.69) is 51.6 Å². The first-order valence-electron chi connectivity index (χ1n) is 12.2. The first kappa shape index (κ1) is 24.7. The van der Waals surface area contributed by atoms with Gasteiger partial charge in [-0.1, -0.05) is 32.9 Å². The molecule has 7 heteroatoms. The minimum atomic E-state index is 0.155. The van der Waals surface area contributed by atoms with Gasteiger partial charge in [0.1, 0.15) is 11.3 Å². The summed E-state index contributed by atoms with van der Waals surface area (Å²) < 4.78 is 4.03. The molecule has 0 amide bonds. The third-order valence-electron chi connectivity index (χ3n) is 6.37. The molecule has 6 nitrogen and oxygen atoms in total. The van der Waals surface area contributed by atoms with Crippen LogP contribution in [-0.2, 0) is 32.9 Å². The first-order chi connectivity index (χ1) is 17.0. The number of hydrogen-bond acceptors (Lipinski definition) is 5. The van der Waals surface area contributed by atoms with Crippen molar-refractivity contribution >= 4 is 28.5 Å². The molecule has 4 aromatic rings. The first-order valence-corrected chi connectivity index (χ1v) is 13.0. The number of carbonyl (C=O) groups is 1. The molecule has 0 N–H and O–H groups in total. The molecular weight excluding hydrogens is 454 g/mol. The van der Waals surface area contributed by atoms with Gasteiger partial charge in [0.05, 0.1) is 24.1 Å². The van der Waals surface area contributed by atoms with Crippen LogP contribution in [0.1, 0.15) is 65.1 Å². The summed E-state index contributed by atoms with van der Waals surface area (Å²) in [5.41, 5.74) is 10.6. The Kier molecular flexibility index (Phi) is 7.69. The molecule has 1 aliphatic rings. The van der Waals surface area contributed by atoms with Crippen LogP contribution in [0.3, 0.4) is 0 Å². The maximum Gasteiger partial charge on any atom is 0.160 e. The number of pyridine rings is 1. The summed E-state index contributed by atoms with van der Waals surface area (Å²) in [6, 6.07) is 8.15. The van der Waals surface area contributed by atoms with Crippen LogP contribution >= 0.6 is 11.3 Å². The summed E-state index contributed by atoms with van der Waals surface area (Å²) >= 11 is 1.67. The van der Waals surface area contributed by atoms with Crippen molar-refractivity contribution in [2.45, 2.75) is 53.0 Å². The lowest BCUT2D eigenvalue weighted by atomic mass is 10.0. The fourth-order valence-corrected chi connectivity index (χ4v) is 5.72. The molecule has 0 bridgehead atoms. The van der Waals surface area contributed by atoms with E-state index >= 15 is 0 Å². The zero-order valence-corrected chi connectivity index (χ0v) is 21.9. The number of nitrogens with zero attached hydrogens (tertiary/aromatic N) is 5. The van der Waals surface area contributed by atoms with Gasteiger partial charge < -0.3 is 4.90 Å². The Morgan fingerprint density at radius 2 is 2.11 bits per heavy atom. The van der Waals surface area contributed by atoms with Gasteiger partial charge in [-0.3, -0.25) is 13.9 Å². The predicted octanol–water partition coefficient (Wildman–Crippen LogP) is 5.72. The van der Waals surface area contributed by atoms with Gasteiger partial charge in [0, 0.05) is 41.3 Å². The Bertz CT molecular complexity index is 1390. The van der Waals surface area contributed by atoms with Crippen molar-refractivity contribution < 1.29 is 4.79 Å². The van der Waals surface area contributed by atoms with E-state index in [0.29, 0.717) is 0 Å². The Morgan fingerprint density at radius 1 is 1.29 bits per heavy atom. The average molecular weight is 488 g/mol. The van der Waals surface area contributed by atoms with E-state index in [4.69, 9.17) is 0 Å². The second-order valence-electron chi connectivity index (χ2n) is 8.73. The maximum atomic E-state index is 11.7. The van der Waals surface area contributed by atoms with E-state index in [0.717, 1.165) is 55.0 Å². The van der Waals surface area contributed by atoms with Crippen LogP contribution in [0.5, 0.6) is 0 Å². The highest BCUT2D eigenvalue weighted by atomic mass is 32.1. The van der Waals surface area contributed by atoms with Crippen molar-refractivity contribution in [3.63, 3.8) is 0 Å². The Labute approximate surface area is 211 Å². The number of Topliss-reactive ketones (excluding diaryl/α,β-unsaturated/α-hetero) is 1. The van der Waals surface area contributed by atoms with Crippen molar-refractivity contribution in [1.29, 1.82) is 0 Å². The number of aryl methyl sites for hydroxylation is 3. The average Bonchev–Trinajstić information content (AvgIpc) is 3.57. The lowest BCUT2D eigenvalue weighted by Gasteiger charge is -2.30. The molecule has 182 valence electrons. The number of thiophene rings is 1. The van der Waals surface area contributed by atoms with Crippen LogP contribution in [0.4, 0.5) is 0 Å². The molecule has 0 saturated carbocycles.